The summed E-state index contributed by atoms with van der Waals surface area (Å²) in [5.41, 5.74) is 1.06. The molecular weight excluding hydrogens is 268 g/mol. The Morgan fingerprint density at radius 1 is 1.24 bits per heavy atom. The number of aryl methyl sites for hydroxylation is 1. The molecule has 0 fully saturated rings. The Bertz CT molecular complexity index is 544. The number of ether oxygens (including phenoxy) is 2. The number of para-hydroxylation sites is 1. The summed E-state index contributed by atoms with van der Waals surface area (Å²) in [6.07, 6.45) is 1.55. The van der Waals surface area contributed by atoms with Gasteiger partial charge in [-0.15, -0.1) is 0 Å². The van der Waals surface area contributed by atoms with Crippen LogP contribution in [0.2, 0.25) is 0 Å². The Labute approximate surface area is 125 Å². The number of hydrogen-bond donors (Lipinski definition) is 1. The summed E-state index contributed by atoms with van der Waals surface area (Å²) in [6.45, 7) is 6.45. The van der Waals surface area contributed by atoms with Crippen molar-refractivity contribution in [1.82, 2.24) is 20.1 Å². The van der Waals surface area contributed by atoms with Crippen molar-refractivity contribution in [3.8, 4) is 11.5 Å². The van der Waals surface area contributed by atoms with Crippen LogP contribution in [0.4, 0.5) is 0 Å². The third kappa shape index (κ3) is 3.72. The lowest BCUT2D eigenvalue weighted by Gasteiger charge is -2.15. The van der Waals surface area contributed by atoms with Crippen LogP contribution in [0, 0.1) is 0 Å². The van der Waals surface area contributed by atoms with Gasteiger partial charge < -0.3 is 14.8 Å². The largest absolute Gasteiger partial charge is 0.490 e. The standard InChI is InChI=1S/C15H22N4O2/c1-4-19-14(17-11-18-19)10-21-15-12(9-16-3)7-6-8-13(15)20-5-2/h6-8,11,16H,4-5,9-10H2,1-3H3. The van der Waals surface area contributed by atoms with Gasteiger partial charge in [-0.25, -0.2) is 9.67 Å². The topological polar surface area (TPSA) is 61.2 Å². The van der Waals surface area contributed by atoms with Crippen LogP contribution in [0.25, 0.3) is 0 Å². The first-order valence-electron chi connectivity index (χ1n) is 7.18. The molecule has 0 amide bonds. The van der Waals surface area contributed by atoms with Crippen LogP contribution >= 0.6 is 0 Å². The highest BCUT2D eigenvalue weighted by molar-refractivity contribution is 5.46. The van der Waals surface area contributed by atoms with Gasteiger partial charge in [-0.05, 0) is 27.0 Å². The second-order valence-electron chi connectivity index (χ2n) is 4.49. The number of nitrogens with one attached hydrogen (secondary N) is 1. The molecule has 2 aromatic rings. The summed E-state index contributed by atoms with van der Waals surface area (Å²) < 4.78 is 13.4. The van der Waals surface area contributed by atoms with E-state index in [1.807, 2.05) is 43.8 Å². The zero-order chi connectivity index (χ0) is 15.1. The minimum atomic E-state index is 0.370. The van der Waals surface area contributed by atoms with E-state index in [4.69, 9.17) is 9.47 Å². The lowest BCUT2D eigenvalue weighted by atomic mass is 10.2. The van der Waals surface area contributed by atoms with Crippen molar-refractivity contribution in [2.45, 2.75) is 33.5 Å². The van der Waals surface area contributed by atoms with E-state index in [1.165, 1.54) is 0 Å². The van der Waals surface area contributed by atoms with E-state index >= 15 is 0 Å². The quantitative estimate of drug-likeness (QED) is 0.805. The van der Waals surface area contributed by atoms with Crippen molar-refractivity contribution in [3.63, 3.8) is 0 Å². The molecule has 114 valence electrons. The molecule has 1 aromatic heterocycles. The maximum absolute atomic E-state index is 5.97. The maximum Gasteiger partial charge on any atom is 0.166 e. The summed E-state index contributed by atoms with van der Waals surface area (Å²) in [4.78, 5) is 4.22. The van der Waals surface area contributed by atoms with Crippen LogP contribution in [-0.2, 0) is 19.7 Å². The minimum Gasteiger partial charge on any atom is -0.490 e. The normalized spacial score (nSPS) is 10.6. The van der Waals surface area contributed by atoms with Crippen molar-refractivity contribution in [2.75, 3.05) is 13.7 Å². The molecule has 0 spiro atoms. The monoisotopic (exact) mass is 290 g/mol. The van der Waals surface area contributed by atoms with Gasteiger partial charge in [0.2, 0.25) is 0 Å². The smallest absolute Gasteiger partial charge is 0.166 e. The predicted molar refractivity (Wildman–Crippen MR) is 80.4 cm³/mol. The molecule has 0 saturated heterocycles. The van der Waals surface area contributed by atoms with E-state index < -0.39 is 0 Å². The molecule has 0 unspecified atom stereocenters. The number of nitrogens with zero attached hydrogens (tertiary/aromatic N) is 3. The van der Waals surface area contributed by atoms with E-state index in [0.717, 1.165) is 36.0 Å². The average molecular weight is 290 g/mol. The Hall–Kier alpha value is -2.08. The Balaban J connectivity index is 2.20. The van der Waals surface area contributed by atoms with Crippen molar-refractivity contribution in [3.05, 3.63) is 35.9 Å². The predicted octanol–water partition coefficient (Wildman–Crippen LogP) is 2.00. The van der Waals surface area contributed by atoms with Gasteiger partial charge in [0.15, 0.2) is 17.3 Å². The molecule has 0 saturated carbocycles. The van der Waals surface area contributed by atoms with Crippen molar-refractivity contribution in [1.29, 1.82) is 0 Å². The van der Waals surface area contributed by atoms with E-state index in [-0.39, 0.29) is 0 Å². The molecule has 1 N–H and O–H groups in total. The molecule has 0 aliphatic rings. The van der Waals surface area contributed by atoms with E-state index in [2.05, 4.69) is 15.4 Å². The fourth-order valence-corrected chi connectivity index (χ4v) is 2.12. The average Bonchev–Trinajstić information content (AvgIpc) is 2.95. The number of hydrogen-bond acceptors (Lipinski definition) is 5. The maximum atomic E-state index is 5.97. The van der Waals surface area contributed by atoms with Crippen LogP contribution < -0.4 is 14.8 Å². The summed E-state index contributed by atoms with van der Waals surface area (Å²) in [5.74, 6) is 2.33. The molecular formula is C15H22N4O2. The Kier molecular flexibility index (Phi) is 5.57. The minimum absolute atomic E-state index is 0.370. The van der Waals surface area contributed by atoms with Crippen molar-refractivity contribution in [2.24, 2.45) is 0 Å². The second-order valence-corrected chi connectivity index (χ2v) is 4.49. The van der Waals surface area contributed by atoms with Gasteiger partial charge in [0.05, 0.1) is 6.61 Å². The van der Waals surface area contributed by atoms with Crippen LogP contribution in [0.5, 0.6) is 11.5 Å². The molecule has 0 aliphatic heterocycles. The molecule has 6 heteroatoms. The van der Waals surface area contributed by atoms with E-state index in [1.54, 1.807) is 6.33 Å². The first kappa shape index (κ1) is 15.3. The molecule has 2 rings (SSSR count). The summed E-state index contributed by atoms with van der Waals surface area (Å²) >= 11 is 0. The highest BCUT2D eigenvalue weighted by Gasteiger charge is 2.12. The zero-order valence-electron chi connectivity index (χ0n) is 12.8. The molecule has 0 bridgehead atoms. The van der Waals surface area contributed by atoms with Gasteiger partial charge in [0.25, 0.3) is 0 Å². The van der Waals surface area contributed by atoms with E-state index in [9.17, 15) is 0 Å². The van der Waals surface area contributed by atoms with Crippen molar-refractivity contribution >= 4 is 0 Å². The first-order chi connectivity index (χ1) is 10.3. The highest BCUT2D eigenvalue weighted by atomic mass is 16.5. The third-order valence-electron chi connectivity index (χ3n) is 3.07. The Morgan fingerprint density at radius 3 is 2.81 bits per heavy atom. The number of aromatic nitrogens is 3. The summed E-state index contributed by atoms with van der Waals surface area (Å²) in [5, 5.41) is 7.29. The van der Waals surface area contributed by atoms with E-state index in [0.29, 0.717) is 13.2 Å². The Morgan fingerprint density at radius 2 is 2.10 bits per heavy atom. The molecule has 1 heterocycles. The summed E-state index contributed by atoms with van der Waals surface area (Å²) in [6, 6.07) is 5.92. The second kappa shape index (κ2) is 7.64. The highest BCUT2D eigenvalue weighted by Crippen LogP contribution is 2.32. The molecule has 0 radical (unpaired) electrons. The lowest BCUT2D eigenvalue weighted by molar-refractivity contribution is 0.255. The SMILES string of the molecule is CCOc1cccc(CNC)c1OCc1ncnn1CC. The first-order valence-corrected chi connectivity index (χ1v) is 7.18. The van der Waals surface area contributed by atoms with Gasteiger partial charge >= 0.3 is 0 Å². The lowest BCUT2D eigenvalue weighted by Crippen LogP contribution is -2.11. The van der Waals surface area contributed by atoms with Crippen LogP contribution in [0.15, 0.2) is 24.5 Å². The van der Waals surface area contributed by atoms with Crippen LogP contribution in [0.3, 0.4) is 0 Å². The summed E-state index contributed by atoms with van der Waals surface area (Å²) in [7, 11) is 1.91. The molecule has 0 atom stereocenters. The molecule has 0 aliphatic carbocycles. The van der Waals surface area contributed by atoms with Crippen molar-refractivity contribution < 1.29 is 9.47 Å². The zero-order valence-corrected chi connectivity index (χ0v) is 12.8. The molecule has 1 aromatic carbocycles. The van der Waals surface area contributed by atoms with Gasteiger partial charge in [0, 0.05) is 18.7 Å². The number of rotatable bonds is 8. The van der Waals surface area contributed by atoms with Gasteiger partial charge in [-0.1, -0.05) is 12.1 Å². The van der Waals surface area contributed by atoms with Crippen LogP contribution in [-0.4, -0.2) is 28.4 Å². The molecule has 21 heavy (non-hydrogen) atoms. The van der Waals surface area contributed by atoms with Gasteiger partial charge in [0.1, 0.15) is 12.9 Å². The van der Waals surface area contributed by atoms with Crippen LogP contribution in [0.1, 0.15) is 25.2 Å². The fourth-order valence-electron chi connectivity index (χ4n) is 2.12. The number of benzene rings is 1. The van der Waals surface area contributed by atoms with Gasteiger partial charge in [-0.2, -0.15) is 5.10 Å². The fraction of sp³-hybridized carbons (Fsp3) is 0.467. The molecule has 6 nitrogen and oxygen atoms in total. The van der Waals surface area contributed by atoms with Gasteiger partial charge in [-0.3, -0.25) is 0 Å². The third-order valence-corrected chi connectivity index (χ3v) is 3.07.